The fraction of sp³-hybridized carbons (Fsp3) is 0.276. The average molecular weight is 517 g/mol. The molecule has 0 aliphatic carbocycles. The van der Waals surface area contributed by atoms with Crippen molar-refractivity contribution in [3.8, 4) is 0 Å². The van der Waals surface area contributed by atoms with Crippen LogP contribution in [-0.4, -0.2) is 34.0 Å². The van der Waals surface area contributed by atoms with Crippen molar-refractivity contribution in [2.75, 3.05) is 11.4 Å². The number of fused-ring (bicyclic) bond motifs is 2. The Bertz CT molecular complexity index is 1440. The first kappa shape index (κ1) is 25.0. The van der Waals surface area contributed by atoms with Crippen LogP contribution in [0.25, 0.3) is 10.8 Å². The van der Waals surface area contributed by atoms with Gasteiger partial charge in [-0.15, -0.1) is 0 Å². The number of aryl methyl sites for hydroxylation is 2. The molecule has 8 heteroatoms. The van der Waals surface area contributed by atoms with Gasteiger partial charge in [-0.05, 0) is 54.3 Å². The Morgan fingerprint density at radius 2 is 1.84 bits per heavy atom. The zero-order chi connectivity index (χ0) is 25.9. The van der Waals surface area contributed by atoms with Crippen LogP contribution in [0.1, 0.15) is 42.3 Å². The van der Waals surface area contributed by atoms with E-state index in [1.807, 2.05) is 67.7 Å². The van der Waals surface area contributed by atoms with Crippen LogP contribution >= 0.6 is 11.6 Å². The SMILES string of the molecule is Cc1nccn1CCCCN1C(=O)[C@H](CC(N)=O)O[C@@H](c2cccc3ccccc23)c2cc(Cl)ccc21. The molecule has 0 fully saturated rings. The number of nitrogens with two attached hydrogens (primary N) is 1. The van der Waals surface area contributed by atoms with Gasteiger partial charge in [-0.3, -0.25) is 9.59 Å². The lowest BCUT2D eigenvalue weighted by Crippen LogP contribution is -2.41. The number of aromatic nitrogens is 2. The molecule has 5 rings (SSSR count). The van der Waals surface area contributed by atoms with Gasteiger partial charge in [0, 0.05) is 41.8 Å². The molecule has 2 atom stereocenters. The van der Waals surface area contributed by atoms with Crippen molar-refractivity contribution in [3.05, 3.63) is 95.0 Å². The first-order valence-corrected chi connectivity index (χ1v) is 12.8. The van der Waals surface area contributed by atoms with Gasteiger partial charge in [0.1, 0.15) is 18.0 Å². The number of hydrogen-bond acceptors (Lipinski definition) is 4. The van der Waals surface area contributed by atoms with E-state index >= 15 is 0 Å². The maximum absolute atomic E-state index is 13.8. The summed E-state index contributed by atoms with van der Waals surface area (Å²) in [5, 5.41) is 2.61. The molecule has 1 aromatic heterocycles. The number of unbranched alkanes of at least 4 members (excludes halogenated alkanes) is 1. The number of carbonyl (C=O) groups excluding carboxylic acids is 2. The Balaban J connectivity index is 1.53. The molecule has 3 aromatic carbocycles. The van der Waals surface area contributed by atoms with Crippen molar-refractivity contribution in [1.82, 2.24) is 9.55 Å². The van der Waals surface area contributed by atoms with Gasteiger partial charge in [-0.1, -0.05) is 54.1 Å². The molecule has 1 aliphatic rings. The number of ether oxygens (including phenoxy) is 1. The van der Waals surface area contributed by atoms with Crippen molar-refractivity contribution in [3.63, 3.8) is 0 Å². The number of primary amides is 1. The Morgan fingerprint density at radius 1 is 1.05 bits per heavy atom. The number of anilines is 1. The summed E-state index contributed by atoms with van der Waals surface area (Å²) in [7, 11) is 0. The van der Waals surface area contributed by atoms with Crippen LogP contribution in [0.2, 0.25) is 5.02 Å². The summed E-state index contributed by atoms with van der Waals surface area (Å²) in [5.41, 5.74) is 7.98. The molecule has 0 radical (unpaired) electrons. The zero-order valence-electron chi connectivity index (χ0n) is 20.6. The fourth-order valence-corrected chi connectivity index (χ4v) is 5.21. The van der Waals surface area contributed by atoms with Gasteiger partial charge >= 0.3 is 0 Å². The van der Waals surface area contributed by atoms with Crippen LogP contribution < -0.4 is 10.6 Å². The fourth-order valence-electron chi connectivity index (χ4n) is 5.03. The third kappa shape index (κ3) is 5.24. The number of hydrogen-bond donors (Lipinski definition) is 1. The van der Waals surface area contributed by atoms with Gasteiger partial charge in [0.2, 0.25) is 5.91 Å². The second kappa shape index (κ2) is 10.7. The maximum Gasteiger partial charge on any atom is 0.256 e. The lowest BCUT2D eigenvalue weighted by Gasteiger charge is -2.25. The van der Waals surface area contributed by atoms with Crippen molar-refractivity contribution >= 4 is 39.9 Å². The maximum atomic E-state index is 13.8. The predicted molar refractivity (Wildman–Crippen MR) is 144 cm³/mol. The highest BCUT2D eigenvalue weighted by Crippen LogP contribution is 2.42. The molecular weight excluding hydrogens is 488 g/mol. The molecule has 0 saturated heterocycles. The van der Waals surface area contributed by atoms with Crippen LogP contribution in [0.15, 0.2) is 73.1 Å². The highest BCUT2D eigenvalue weighted by atomic mass is 35.5. The Labute approximate surface area is 220 Å². The number of benzene rings is 3. The van der Waals surface area contributed by atoms with Crippen LogP contribution in [0.4, 0.5) is 5.69 Å². The first-order valence-electron chi connectivity index (χ1n) is 12.4. The smallest absolute Gasteiger partial charge is 0.256 e. The summed E-state index contributed by atoms with van der Waals surface area (Å²) in [4.78, 5) is 31.8. The molecule has 7 nitrogen and oxygen atoms in total. The van der Waals surface area contributed by atoms with Crippen LogP contribution in [0.3, 0.4) is 0 Å². The Kier molecular flexibility index (Phi) is 7.26. The second-order valence-electron chi connectivity index (χ2n) is 9.31. The quantitative estimate of drug-likeness (QED) is 0.327. The lowest BCUT2D eigenvalue weighted by molar-refractivity contribution is -0.137. The van der Waals surface area contributed by atoms with Gasteiger partial charge in [-0.25, -0.2) is 4.98 Å². The molecule has 0 saturated carbocycles. The molecule has 190 valence electrons. The summed E-state index contributed by atoms with van der Waals surface area (Å²) in [6.07, 6.45) is 3.54. The molecule has 37 heavy (non-hydrogen) atoms. The number of carbonyl (C=O) groups is 2. The molecule has 2 heterocycles. The molecule has 0 bridgehead atoms. The molecule has 4 aromatic rings. The highest BCUT2D eigenvalue weighted by Gasteiger charge is 2.37. The first-order chi connectivity index (χ1) is 17.9. The topological polar surface area (TPSA) is 90.5 Å². The van der Waals surface area contributed by atoms with Gasteiger partial charge < -0.3 is 19.9 Å². The lowest BCUT2D eigenvalue weighted by atomic mass is 9.94. The van der Waals surface area contributed by atoms with Crippen molar-refractivity contribution in [1.29, 1.82) is 0 Å². The summed E-state index contributed by atoms with van der Waals surface area (Å²) in [6, 6.07) is 19.5. The van der Waals surface area contributed by atoms with Crippen LogP contribution in [0, 0.1) is 6.92 Å². The second-order valence-corrected chi connectivity index (χ2v) is 9.75. The summed E-state index contributed by atoms with van der Waals surface area (Å²) >= 11 is 6.46. The van der Waals surface area contributed by atoms with Crippen molar-refractivity contribution < 1.29 is 14.3 Å². The number of rotatable bonds is 8. The van der Waals surface area contributed by atoms with Crippen molar-refractivity contribution in [2.45, 2.75) is 44.9 Å². The normalized spacial score (nSPS) is 17.6. The van der Waals surface area contributed by atoms with Crippen LogP contribution in [0.5, 0.6) is 0 Å². The van der Waals surface area contributed by atoms with E-state index in [2.05, 4.69) is 9.55 Å². The van der Waals surface area contributed by atoms with Crippen molar-refractivity contribution in [2.24, 2.45) is 5.73 Å². The highest BCUT2D eigenvalue weighted by molar-refractivity contribution is 6.30. The van der Waals surface area contributed by atoms with Gasteiger partial charge in [0.25, 0.3) is 5.91 Å². The van der Waals surface area contributed by atoms with E-state index < -0.39 is 18.1 Å². The molecule has 0 unspecified atom stereocenters. The number of amides is 2. The third-order valence-corrected chi connectivity index (χ3v) is 7.09. The summed E-state index contributed by atoms with van der Waals surface area (Å²) in [6.45, 7) is 3.25. The van der Waals surface area contributed by atoms with Gasteiger partial charge in [0.05, 0.1) is 6.42 Å². The minimum atomic E-state index is -1.01. The molecular formula is C29H29ClN4O3. The zero-order valence-corrected chi connectivity index (χ0v) is 21.4. The van der Waals surface area contributed by atoms with E-state index in [0.717, 1.165) is 52.8 Å². The monoisotopic (exact) mass is 516 g/mol. The standard InChI is InChI=1S/C29H29ClN4O3/c1-19-32-13-16-33(19)14-4-5-15-34-25-12-11-21(30)17-24(25)28(37-26(29(34)36)18-27(31)35)23-10-6-8-20-7-2-3-9-22(20)23/h2-3,6-13,16-17,26,28H,4-5,14-15,18H2,1H3,(H2,31,35)/t26-,28-/m0/s1. The largest absolute Gasteiger partial charge is 0.370 e. The Hall–Kier alpha value is -3.68. The summed E-state index contributed by atoms with van der Waals surface area (Å²) < 4.78 is 8.55. The summed E-state index contributed by atoms with van der Waals surface area (Å²) in [5.74, 6) is 0.0946. The predicted octanol–water partition coefficient (Wildman–Crippen LogP) is 5.18. The number of halogens is 1. The molecule has 2 N–H and O–H groups in total. The number of imidazole rings is 1. The minimum Gasteiger partial charge on any atom is -0.370 e. The van der Waals surface area contributed by atoms with E-state index in [1.54, 1.807) is 17.2 Å². The van der Waals surface area contributed by atoms with Gasteiger partial charge in [-0.2, -0.15) is 0 Å². The third-order valence-electron chi connectivity index (χ3n) is 6.85. The van der Waals surface area contributed by atoms with E-state index in [1.165, 1.54) is 0 Å². The van der Waals surface area contributed by atoms with E-state index in [0.29, 0.717) is 11.6 Å². The number of nitrogens with zero attached hydrogens (tertiary/aromatic N) is 3. The molecule has 1 aliphatic heterocycles. The minimum absolute atomic E-state index is 0.202. The van der Waals surface area contributed by atoms with E-state index in [4.69, 9.17) is 22.1 Å². The molecule has 2 amide bonds. The van der Waals surface area contributed by atoms with Gasteiger partial charge in [0.15, 0.2) is 0 Å². The van der Waals surface area contributed by atoms with E-state index in [9.17, 15) is 9.59 Å². The molecule has 0 spiro atoms. The average Bonchev–Trinajstić information content (AvgIpc) is 3.26. The Morgan fingerprint density at radius 3 is 2.62 bits per heavy atom. The van der Waals surface area contributed by atoms with Crippen LogP contribution in [-0.2, 0) is 20.9 Å². The van der Waals surface area contributed by atoms with E-state index in [-0.39, 0.29) is 12.3 Å².